The molecule has 21 heavy (non-hydrogen) atoms. The van der Waals surface area contributed by atoms with Crippen LogP contribution in [0.4, 0.5) is 0 Å². The summed E-state index contributed by atoms with van der Waals surface area (Å²) in [6.45, 7) is 8.63. The largest absolute Gasteiger partial charge is 0.481 e. The van der Waals surface area contributed by atoms with Gasteiger partial charge in [-0.25, -0.2) is 0 Å². The van der Waals surface area contributed by atoms with E-state index in [2.05, 4.69) is 0 Å². The van der Waals surface area contributed by atoms with Crippen molar-refractivity contribution in [1.82, 2.24) is 0 Å². The Balaban J connectivity index is 4.12. The third-order valence-corrected chi connectivity index (χ3v) is 2.21. The van der Waals surface area contributed by atoms with Crippen LogP contribution in [0.2, 0.25) is 0 Å². The van der Waals surface area contributed by atoms with Crippen LogP contribution in [0, 0.1) is 0 Å². The van der Waals surface area contributed by atoms with Crippen LogP contribution in [0.5, 0.6) is 0 Å². The van der Waals surface area contributed by atoms with Gasteiger partial charge < -0.3 is 19.3 Å². The maximum atomic E-state index is 11.4. The van der Waals surface area contributed by atoms with E-state index < -0.39 is 17.9 Å². The van der Waals surface area contributed by atoms with Crippen molar-refractivity contribution in [2.45, 2.75) is 72.1 Å². The lowest BCUT2D eigenvalue weighted by atomic mass is 10.2. The van der Waals surface area contributed by atoms with E-state index in [1.807, 2.05) is 27.7 Å². The van der Waals surface area contributed by atoms with Crippen LogP contribution in [0.1, 0.15) is 53.9 Å². The van der Waals surface area contributed by atoms with E-state index in [0.717, 1.165) is 0 Å². The quantitative estimate of drug-likeness (QED) is 0.462. The molecule has 0 saturated carbocycles. The molecule has 0 amide bonds. The van der Waals surface area contributed by atoms with Gasteiger partial charge in [0, 0.05) is 19.8 Å². The van der Waals surface area contributed by atoms with Crippen molar-refractivity contribution in [1.29, 1.82) is 0 Å². The number of carbonyl (C=O) groups excluding carboxylic acids is 1. The highest BCUT2D eigenvalue weighted by atomic mass is 16.9. The summed E-state index contributed by atoms with van der Waals surface area (Å²) in [7, 11) is 0. The highest BCUT2D eigenvalue weighted by Crippen LogP contribution is 2.19. The maximum Gasteiger partial charge on any atom is 0.307 e. The first kappa shape index (κ1) is 19.8. The Hall–Kier alpha value is -1.18. The lowest BCUT2D eigenvalue weighted by Gasteiger charge is -2.32. The Bertz CT molecular complexity index is 315. The van der Waals surface area contributed by atoms with Crippen LogP contribution in [0.25, 0.3) is 0 Å². The lowest BCUT2D eigenvalue weighted by molar-refractivity contribution is -0.403. The summed E-state index contributed by atoms with van der Waals surface area (Å²) in [5, 5.41) is 8.47. The first-order chi connectivity index (χ1) is 9.64. The molecule has 0 spiro atoms. The Morgan fingerprint density at radius 2 is 1.57 bits per heavy atom. The van der Waals surface area contributed by atoms with Gasteiger partial charge in [0.1, 0.15) is 0 Å². The van der Waals surface area contributed by atoms with Crippen molar-refractivity contribution in [3.63, 3.8) is 0 Å². The Morgan fingerprint density at radius 1 is 1.05 bits per heavy atom. The molecule has 7 heteroatoms. The van der Waals surface area contributed by atoms with Crippen molar-refractivity contribution in [3.8, 4) is 0 Å². The first-order valence-corrected chi connectivity index (χ1v) is 7.01. The average molecular weight is 306 g/mol. The van der Waals surface area contributed by atoms with E-state index in [1.54, 1.807) is 6.92 Å². The summed E-state index contributed by atoms with van der Waals surface area (Å²) >= 11 is 0. The summed E-state index contributed by atoms with van der Waals surface area (Å²) in [6.07, 6.45) is -0.0561. The molecule has 0 fully saturated rings. The van der Waals surface area contributed by atoms with E-state index >= 15 is 0 Å². The van der Waals surface area contributed by atoms with Crippen molar-refractivity contribution < 1.29 is 33.6 Å². The van der Waals surface area contributed by atoms with E-state index in [9.17, 15) is 9.59 Å². The number of carboxylic acids is 1. The number of carboxylic acid groups (broad SMARTS) is 1. The SMILES string of the molecule is CC(C)OC(C)(OCOC(=O)CCCC(=O)O)OC(C)C. The van der Waals surface area contributed by atoms with Crippen LogP contribution < -0.4 is 0 Å². The second-order valence-electron chi connectivity index (χ2n) is 5.22. The third-order valence-electron chi connectivity index (χ3n) is 2.21. The van der Waals surface area contributed by atoms with Gasteiger partial charge in [-0.1, -0.05) is 0 Å². The van der Waals surface area contributed by atoms with Crippen molar-refractivity contribution >= 4 is 11.9 Å². The lowest BCUT2D eigenvalue weighted by Crippen LogP contribution is -2.41. The molecule has 0 aliphatic carbocycles. The van der Waals surface area contributed by atoms with Crippen molar-refractivity contribution in [2.75, 3.05) is 6.79 Å². The van der Waals surface area contributed by atoms with Crippen LogP contribution >= 0.6 is 0 Å². The summed E-state index contributed by atoms with van der Waals surface area (Å²) in [4.78, 5) is 21.7. The molecular formula is C14H26O7. The number of aliphatic carboxylic acids is 1. The van der Waals surface area contributed by atoms with Crippen molar-refractivity contribution in [2.24, 2.45) is 0 Å². The van der Waals surface area contributed by atoms with E-state index in [0.29, 0.717) is 0 Å². The summed E-state index contributed by atoms with van der Waals surface area (Å²) in [5.74, 6) is -2.76. The van der Waals surface area contributed by atoms with Crippen molar-refractivity contribution in [3.05, 3.63) is 0 Å². The molecule has 0 heterocycles. The summed E-state index contributed by atoms with van der Waals surface area (Å²) in [5.41, 5.74) is 0. The average Bonchev–Trinajstić information content (AvgIpc) is 2.25. The predicted octanol–water partition coefficient (Wildman–Crippen LogP) is 2.28. The monoisotopic (exact) mass is 306 g/mol. The fourth-order valence-corrected chi connectivity index (χ4v) is 1.61. The Kier molecular flexibility index (Phi) is 9.16. The van der Waals surface area contributed by atoms with Gasteiger partial charge >= 0.3 is 11.9 Å². The zero-order valence-electron chi connectivity index (χ0n) is 13.4. The topological polar surface area (TPSA) is 91.3 Å². The molecule has 124 valence electrons. The minimum atomic E-state index is -1.30. The molecule has 0 aromatic heterocycles. The number of carbonyl (C=O) groups is 2. The van der Waals surface area contributed by atoms with E-state index in [-0.39, 0.29) is 38.3 Å². The van der Waals surface area contributed by atoms with Gasteiger partial charge in [0.05, 0.1) is 12.2 Å². The maximum absolute atomic E-state index is 11.4. The molecule has 0 aromatic rings. The fraction of sp³-hybridized carbons (Fsp3) is 0.857. The van der Waals surface area contributed by atoms with Gasteiger partial charge in [-0.15, -0.1) is 0 Å². The van der Waals surface area contributed by atoms with Gasteiger partial charge in [0.15, 0.2) is 6.79 Å². The van der Waals surface area contributed by atoms with E-state index in [1.165, 1.54) is 0 Å². The molecule has 0 aromatic carbocycles. The van der Waals surface area contributed by atoms with E-state index in [4.69, 9.17) is 24.1 Å². The van der Waals surface area contributed by atoms with Crippen LogP contribution in [-0.4, -0.2) is 42.0 Å². The van der Waals surface area contributed by atoms with Crippen LogP contribution in [0.3, 0.4) is 0 Å². The van der Waals surface area contributed by atoms with Gasteiger partial charge in [-0.3, -0.25) is 14.3 Å². The molecular weight excluding hydrogens is 280 g/mol. The summed E-state index contributed by atoms with van der Waals surface area (Å²) < 4.78 is 21.3. The molecule has 0 saturated heterocycles. The molecule has 0 aliphatic heterocycles. The molecule has 1 N–H and O–H groups in total. The molecule has 0 bridgehead atoms. The molecule has 0 unspecified atom stereocenters. The fourth-order valence-electron chi connectivity index (χ4n) is 1.61. The molecule has 0 atom stereocenters. The van der Waals surface area contributed by atoms with Crippen LogP contribution in [-0.2, 0) is 28.5 Å². The van der Waals surface area contributed by atoms with Crippen LogP contribution in [0.15, 0.2) is 0 Å². The first-order valence-electron chi connectivity index (χ1n) is 7.01. The smallest absolute Gasteiger partial charge is 0.307 e. The van der Waals surface area contributed by atoms with Gasteiger partial charge in [0.25, 0.3) is 5.97 Å². The third kappa shape index (κ3) is 11.2. The Labute approximate surface area is 125 Å². The molecule has 0 radical (unpaired) electrons. The minimum Gasteiger partial charge on any atom is -0.481 e. The van der Waals surface area contributed by atoms with Gasteiger partial charge in [0.2, 0.25) is 0 Å². The number of hydrogen-bond donors (Lipinski definition) is 1. The zero-order chi connectivity index (χ0) is 16.5. The van der Waals surface area contributed by atoms with Gasteiger partial charge in [-0.2, -0.15) is 0 Å². The number of hydrogen-bond acceptors (Lipinski definition) is 6. The molecule has 0 aliphatic rings. The second kappa shape index (κ2) is 9.70. The summed E-state index contributed by atoms with van der Waals surface area (Å²) in [6, 6.07) is 0. The zero-order valence-corrected chi connectivity index (χ0v) is 13.4. The number of ether oxygens (including phenoxy) is 4. The molecule has 0 rings (SSSR count). The highest BCUT2D eigenvalue weighted by Gasteiger charge is 2.30. The minimum absolute atomic E-state index is 0.0302. The molecule has 7 nitrogen and oxygen atoms in total. The second-order valence-corrected chi connectivity index (χ2v) is 5.22. The number of rotatable bonds is 11. The standard InChI is InChI=1S/C14H26O7/c1-10(2)20-14(5,21-11(3)4)19-9-18-13(17)8-6-7-12(15)16/h10-11H,6-9H2,1-5H3,(H,15,16). The van der Waals surface area contributed by atoms with Gasteiger partial charge in [-0.05, 0) is 34.1 Å². The Morgan fingerprint density at radius 3 is 2.00 bits per heavy atom. The highest BCUT2D eigenvalue weighted by molar-refractivity contribution is 5.71. The predicted molar refractivity (Wildman–Crippen MR) is 74.4 cm³/mol. The number of esters is 1. The normalized spacial score (nSPS) is 12.0.